The highest BCUT2D eigenvalue weighted by Crippen LogP contribution is 2.45. The number of thiophene rings is 1. The number of carbonyl (C=O) groups excluding carboxylic acids is 2. The summed E-state index contributed by atoms with van der Waals surface area (Å²) in [5.41, 5.74) is 0.958. The van der Waals surface area contributed by atoms with Gasteiger partial charge in [0, 0.05) is 34.6 Å². The second-order valence-electron chi connectivity index (χ2n) is 11.9. The molecule has 8 nitrogen and oxygen atoms in total. The molecular formula is C28H39N3O5S2. The highest BCUT2D eigenvalue weighted by Gasteiger charge is 2.42. The fourth-order valence-corrected chi connectivity index (χ4v) is 8.88. The maximum Gasteiger partial charge on any atom is 0.341 e. The summed E-state index contributed by atoms with van der Waals surface area (Å²) in [6.07, 6.45) is 1.63. The van der Waals surface area contributed by atoms with Crippen LogP contribution in [0, 0.1) is 11.8 Å². The second kappa shape index (κ2) is 10.4. The Bertz CT molecular complexity index is 1320. The molecule has 1 fully saturated rings. The molecule has 0 saturated carbocycles. The lowest BCUT2D eigenvalue weighted by Crippen LogP contribution is -2.55. The van der Waals surface area contributed by atoms with Crippen LogP contribution in [0.25, 0.3) is 0 Å². The Kier molecular flexibility index (Phi) is 7.84. The van der Waals surface area contributed by atoms with Crippen LogP contribution in [0.15, 0.2) is 29.2 Å². The van der Waals surface area contributed by atoms with Gasteiger partial charge in [0.15, 0.2) is 0 Å². The number of fused-ring (bicyclic) bond motifs is 1. The molecule has 208 valence electrons. The van der Waals surface area contributed by atoms with Gasteiger partial charge in [-0.1, -0.05) is 13.8 Å². The molecule has 0 spiro atoms. The minimum absolute atomic E-state index is 0.171. The summed E-state index contributed by atoms with van der Waals surface area (Å²) in [5, 5.41) is 6.98. The molecule has 3 heterocycles. The Hall–Kier alpha value is -2.27. The Morgan fingerprint density at radius 3 is 2.29 bits per heavy atom. The number of hydrogen-bond donors (Lipinski definition) is 2. The summed E-state index contributed by atoms with van der Waals surface area (Å²) in [7, 11) is -3.64. The number of hydrogen-bond acceptors (Lipinski definition) is 7. The standard InChI is InChI=1S/C28H39N3O5S2/c1-8-36-26(33)22-21-14-27(4,5)30-28(6,7)23(21)37-25(22)29-24(32)19-9-11-20(12-10-19)38(34,35)31-15-17(2)13-18(3)16-31/h9-12,17-18,30H,8,13-16H2,1-7H3,(H,29,32)/t17-,18+. The smallest absolute Gasteiger partial charge is 0.341 e. The van der Waals surface area contributed by atoms with Gasteiger partial charge in [-0.2, -0.15) is 4.31 Å². The zero-order chi connectivity index (χ0) is 28.0. The SMILES string of the molecule is CCOC(=O)c1c(NC(=O)c2ccc(S(=O)(=O)N3C[C@H](C)C[C@H](C)C3)cc2)sc2c1CC(C)(C)NC2(C)C. The molecule has 0 aliphatic carbocycles. The molecule has 2 aromatic rings. The summed E-state index contributed by atoms with van der Waals surface area (Å²) in [6, 6.07) is 6.00. The Labute approximate surface area is 230 Å². The van der Waals surface area contributed by atoms with Gasteiger partial charge < -0.3 is 15.4 Å². The van der Waals surface area contributed by atoms with Crippen LogP contribution in [-0.4, -0.2) is 49.8 Å². The molecule has 1 aromatic carbocycles. The van der Waals surface area contributed by atoms with Gasteiger partial charge in [-0.15, -0.1) is 11.3 Å². The first-order valence-corrected chi connectivity index (χ1v) is 15.4. The van der Waals surface area contributed by atoms with Crippen molar-refractivity contribution in [1.82, 2.24) is 9.62 Å². The zero-order valence-corrected chi connectivity index (χ0v) is 24.9. The molecule has 38 heavy (non-hydrogen) atoms. The van der Waals surface area contributed by atoms with Gasteiger partial charge >= 0.3 is 5.97 Å². The molecule has 2 aliphatic heterocycles. The molecule has 2 atom stereocenters. The van der Waals surface area contributed by atoms with Crippen LogP contribution < -0.4 is 10.6 Å². The molecule has 2 aliphatic rings. The number of esters is 1. The molecular weight excluding hydrogens is 522 g/mol. The minimum atomic E-state index is -3.64. The quantitative estimate of drug-likeness (QED) is 0.481. The Balaban J connectivity index is 1.61. The highest BCUT2D eigenvalue weighted by molar-refractivity contribution is 7.89. The van der Waals surface area contributed by atoms with Crippen LogP contribution >= 0.6 is 11.3 Å². The lowest BCUT2D eigenvalue weighted by Gasteiger charge is -2.42. The lowest BCUT2D eigenvalue weighted by atomic mass is 9.81. The predicted octanol–water partition coefficient (Wildman–Crippen LogP) is 5.00. The lowest BCUT2D eigenvalue weighted by molar-refractivity contribution is 0.0525. The second-order valence-corrected chi connectivity index (χ2v) is 14.9. The summed E-state index contributed by atoms with van der Waals surface area (Å²) in [5.74, 6) is -0.271. The Morgan fingerprint density at radius 1 is 1.11 bits per heavy atom. The summed E-state index contributed by atoms with van der Waals surface area (Å²) < 4.78 is 33.4. The number of anilines is 1. The molecule has 10 heteroatoms. The Morgan fingerprint density at radius 2 is 1.71 bits per heavy atom. The average Bonchev–Trinajstić information content (AvgIpc) is 3.15. The highest BCUT2D eigenvalue weighted by atomic mass is 32.2. The van der Waals surface area contributed by atoms with Crippen molar-refractivity contribution < 1.29 is 22.7 Å². The van der Waals surface area contributed by atoms with E-state index in [2.05, 4.69) is 52.2 Å². The van der Waals surface area contributed by atoms with Gasteiger partial charge in [0.2, 0.25) is 10.0 Å². The van der Waals surface area contributed by atoms with Crippen molar-refractivity contribution in [3.8, 4) is 0 Å². The number of sulfonamides is 1. The maximum absolute atomic E-state index is 13.3. The van der Waals surface area contributed by atoms with Crippen molar-refractivity contribution in [2.75, 3.05) is 25.0 Å². The molecule has 0 bridgehead atoms. The third-order valence-corrected chi connectivity index (χ3v) is 10.5. The molecule has 0 unspecified atom stereocenters. The largest absolute Gasteiger partial charge is 0.462 e. The molecule has 1 amide bonds. The van der Waals surface area contributed by atoms with E-state index in [1.807, 2.05) is 0 Å². The zero-order valence-electron chi connectivity index (χ0n) is 23.3. The van der Waals surface area contributed by atoms with E-state index in [4.69, 9.17) is 4.74 Å². The van der Waals surface area contributed by atoms with Crippen LogP contribution in [0.1, 0.15) is 86.0 Å². The van der Waals surface area contributed by atoms with Crippen LogP contribution in [0.3, 0.4) is 0 Å². The monoisotopic (exact) mass is 561 g/mol. The van der Waals surface area contributed by atoms with E-state index in [0.29, 0.717) is 47.5 Å². The predicted molar refractivity (Wildman–Crippen MR) is 150 cm³/mol. The number of nitrogens with zero attached hydrogens (tertiary/aromatic N) is 1. The number of benzene rings is 1. The van der Waals surface area contributed by atoms with Crippen LogP contribution in [0.5, 0.6) is 0 Å². The first kappa shape index (κ1) is 28.7. The van der Waals surface area contributed by atoms with Gasteiger partial charge in [-0.3, -0.25) is 4.79 Å². The molecule has 0 radical (unpaired) electrons. The molecule has 2 N–H and O–H groups in total. The van der Waals surface area contributed by atoms with Crippen molar-refractivity contribution in [2.24, 2.45) is 11.8 Å². The van der Waals surface area contributed by atoms with Crippen molar-refractivity contribution in [1.29, 1.82) is 0 Å². The first-order valence-electron chi connectivity index (χ1n) is 13.2. The third kappa shape index (κ3) is 5.68. The first-order chi connectivity index (χ1) is 17.6. The van der Waals surface area contributed by atoms with Crippen LogP contribution in [0.4, 0.5) is 5.00 Å². The van der Waals surface area contributed by atoms with Gasteiger partial charge in [0.1, 0.15) is 5.00 Å². The van der Waals surface area contributed by atoms with Crippen molar-refractivity contribution in [2.45, 2.75) is 77.3 Å². The van der Waals surface area contributed by atoms with E-state index in [0.717, 1.165) is 16.9 Å². The summed E-state index contributed by atoms with van der Waals surface area (Å²) in [4.78, 5) is 27.5. The summed E-state index contributed by atoms with van der Waals surface area (Å²) in [6.45, 7) is 15.4. The number of piperidine rings is 1. The normalized spacial score (nSPS) is 22.9. The van der Waals surface area contributed by atoms with Gasteiger partial charge in [-0.25, -0.2) is 13.2 Å². The van der Waals surface area contributed by atoms with Crippen molar-refractivity contribution in [3.05, 3.63) is 45.8 Å². The molecule has 1 saturated heterocycles. The molecule has 4 rings (SSSR count). The number of amides is 1. The number of rotatable bonds is 6. The van der Waals surface area contributed by atoms with Crippen LogP contribution in [-0.2, 0) is 26.7 Å². The fraction of sp³-hybridized carbons (Fsp3) is 0.571. The van der Waals surface area contributed by atoms with E-state index in [9.17, 15) is 18.0 Å². The van der Waals surface area contributed by atoms with Gasteiger partial charge in [0.05, 0.1) is 17.1 Å². The van der Waals surface area contributed by atoms with Crippen LogP contribution in [0.2, 0.25) is 0 Å². The van der Waals surface area contributed by atoms with Gasteiger partial charge in [-0.05, 0) is 89.1 Å². The topological polar surface area (TPSA) is 105 Å². The van der Waals surface area contributed by atoms with Crippen molar-refractivity contribution in [3.63, 3.8) is 0 Å². The maximum atomic E-state index is 13.3. The number of nitrogens with one attached hydrogen (secondary N) is 2. The van der Waals surface area contributed by atoms with E-state index in [-0.39, 0.29) is 17.0 Å². The molecule has 1 aromatic heterocycles. The van der Waals surface area contributed by atoms with Crippen molar-refractivity contribution >= 4 is 38.2 Å². The van der Waals surface area contributed by atoms with E-state index < -0.39 is 27.4 Å². The minimum Gasteiger partial charge on any atom is -0.462 e. The fourth-order valence-electron chi connectivity index (χ4n) is 5.94. The summed E-state index contributed by atoms with van der Waals surface area (Å²) >= 11 is 1.38. The third-order valence-electron chi connectivity index (χ3n) is 7.14. The number of ether oxygens (including phenoxy) is 1. The van der Waals surface area contributed by atoms with Gasteiger partial charge in [0.25, 0.3) is 5.91 Å². The number of carbonyl (C=O) groups is 2. The van der Waals surface area contributed by atoms with E-state index in [1.54, 1.807) is 11.2 Å². The average molecular weight is 562 g/mol. The van der Waals surface area contributed by atoms with E-state index >= 15 is 0 Å². The van der Waals surface area contributed by atoms with E-state index in [1.165, 1.54) is 35.6 Å².